The average Bonchev–Trinajstić information content (AvgIpc) is 3.11. The summed E-state index contributed by atoms with van der Waals surface area (Å²) in [6.07, 6.45) is 5.92. The lowest BCUT2D eigenvalue weighted by Gasteiger charge is -2.34. The van der Waals surface area contributed by atoms with Crippen molar-refractivity contribution in [1.29, 1.82) is 0 Å². The lowest BCUT2D eigenvalue weighted by molar-refractivity contribution is -0.121. The second-order valence-corrected chi connectivity index (χ2v) is 6.75. The van der Waals surface area contributed by atoms with Crippen LogP contribution in [-0.4, -0.2) is 58.9 Å². The van der Waals surface area contributed by atoms with Crippen molar-refractivity contribution < 1.29 is 9.59 Å². The topological polar surface area (TPSA) is 65.5 Å². The summed E-state index contributed by atoms with van der Waals surface area (Å²) >= 11 is 0. The quantitative estimate of drug-likeness (QED) is 0.918. The van der Waals surface area contributed by atoms with Gasteiger partial charge >= 0.3 is 6.03 Å². The molecule has 0 aromatic carbocycles. The summed E-state index contributed by atoms with van der Waals surface area (Å²) < 4.78 is 0. The molecular weight excluding hydrogens is 304 g/mol. The predicted octanol–water partition coefficient (Wildman–Crippen LogP) is 1.73. The summed E-state index contributed by atoms with van der Waals surface area (Å²) in [7, 11) is 0. The Kier molecular flexibility index (Phi) is 5.33. The van der Waals surface area contributed by atoms with E-state index in [-0.39, 0.29) is 18.0 Å². The third-order valence-electron chi connectivity index (χ3n) is 4.95. The van der Waals surface area contributed by atoms with Crippen molar-refractivity contribution >= 4 is 11.9 Å². The van der Waals surface area contributed by atoms with Crippen LogP contribution in [0.15, 0.2) is 18.3 Å². The van der Waals surface area contributed by atoms with Crippen LogP contribution >= 0.6 is 0 Å². The summed E-state index contributed by atoms with van der Waals surface area (Å²) in [5, 5.41) is 3.09. The molecule has 0 aliphatic carbocycles. The van der Waals surface area contributed by atoms with Crippen molar-refractivity contribution in [2.45, 2.75) is 45.1 Å². The standard InChI is InChI=1S/C18H26N4O2/c1-14-5-4-8-19-16(14)13-17(23)20-15-6-11-22(12-7-15)18(24)21-9-2-3-10-21/h4-5,8,15H,2-3,6-7,9-13H2,1H3,(H,20,23). The van der Waals surface area contributed by atoms with Gasteiger partial charge < -0.3 is 15.1 Å². The number of hydrogen-bond acceptors (Lipinski definition) is 3. The van der Waals surface area contributed by atoms with Crippen molar-refractivity contribution in [2.75, 3.05) is 26.2 Å². The highest BCUT2D eigenvalue weighted by molar-refractivity contribution is 5.79. The SMILES string of the molecule is Cc1cccnc1CC(=O)NC1CCN(C(=O)N2CCCC2)CC1. The van der Waals surface area contributed by atoms with E-state index < -0.39 is 0 Å². The highest BCUT2D eigenvalue weighted by Gasteiger charge is 2.28. The van der Waals surface area contributed by atoms with Gasteiger partial charge in [0.15, 0.2) is 0 Å². The molecule has 0 spiro atoms. The molecule has 3 rings (SSSR count). The van der Waals surface area contributed by atoms with Crippen LogP contribution in [0, 0.1) is 6.92 Å². The minimum absolute atomic E-state index is 0.0149. The molecule has 2 aliphatic rings. The molecule has 0 unspecified atom stereocenters. The van der Waals surface area contributed by atoms with Crippen LogP contribution < -0.4 is 5.32 Å². The highest BCUT2D eigenvalue weighted by Crippen LogP contribution is 2.16. The van der Waals surface area contributed by atoms with Gasteiger partial charge in [0.2, 0.25) is 5.91 Å². The van der Waals surface area contributed by atoms with Crippen LogP contribution in [0.3, 0.4) is 0 Å². The molecule has 2 aliphatic heterocycles. The van der Waals surface area contributed by atoms with Crippen molar-refractivity contribution in [1.82, 2.24) is 20.1 Å². The first kappa shape index (κ1) is 16.7. The molecular formula is C18H26N4O2. The molecule has 0 saturated carbocycles. The first-order chi connectivity index (χ1) is 11.6. The van der Waals surface area contributed by atoms with Crippen molar-refractivity contribution in [3.63, 3.8) is 0 Å². The summed E-state index contributed by atoms with van der Waals surface area (Å²) in [4.78, 5) is 32.7. The van der Waals surface area contributed by atoms with E-state index >= 15 is 0 Å². The molecule has 0 radical (unpaired) electrons. The molecule has 1 aromatic rings. The van der Waals surface area contributed by atoms with E-state index in [2.05, 4.69) is 10.3 Å². The zero-order valence-corrected chi connectivity index (χ0v) is 14.3. The maximum Gasteiger partial charge on any atom is 0.319 e. The van der Waals surface area contributed by atoms with Gasteiger partial charge in [-0.25, -0.2) is 4.79 Å². The third-order valence-corrected chi connectivity index (χ3v) is 4.95. The lowest BCUT2D eigenvalue weighted by Crippen LogP contribution is -2.50. The highest BCUT2D eigenvalue weighted by atomic mass is 16.2. The third kappa shape index (κ3) is 4.04. The number of amides is 3. The van der Waals surface area contributed by atoms with Crippen LogP contribution in [0.2, 0.25) is 0 Å². The van der Waals surface area contributed by atoms with Gasteiger partial charge in [0.25, 0.3) is 0 Å². The summed E-state index contributed by atoms with van der Waals surface area (Å²) in [6, 6.07) is 4.17. The normalized spacial score (nSPS) is 18.7. The molecule has 130 valence electrons. The van der Waals surface area contributed by atoms with Crippen molar-refractivity contribution in [3.8, 4) is 0 Å². The number of hydrogen-bond donors (Lipinski definition) is 1. The average molecular weight is 330 g/mol. The number of nitrogens with zero attached hydrogens (tertiary/aromatic N) is 3. The Labute approximate surface area is 143 Å². The number of pyridine rings is 1. The van der Waals surface area contributed by atoms with Gasteiger partial charge in [-0.1, -0.05) is 6.07 Å². The van der Waals surface area contributed by atoms with Crippen LogP contribution in [0.1, 0.15) is 36.9 Å². The molecule has 0 bridgehead atoms. The number of likely N-dealkylation sites (tertiary alicyclic amines) is 2. The van der Waals surface area contributed by atoms with Gasteiger partial charge in [0.1, 0.15) is 0 Å². The van der Waals surface area contributed by atoms with Crippen molar-refractivity contribution in [2.24, 2.45) is 0 Å². The zero-order chi connectivity index (χ0) is 16.9. The number of carbonyl (C=O) groups excluding carboxylic acids is 2. The number of rotatable bonds is 3. The van der Waals surface area contributed by atoms with E-state index in [4.69, 9.17) is 0 Å². The molecule has 0 atom stereocenters. The maximum absolute atomic E-state index is 12.4. The van der Waals surface area contributed by atoms with Gasteiger partial charge in [-0.3, -0.25) is 9.78 Å². The van der Waals surface area contributed by atoms with Gasteiger partial charge in [0, 0.05) is 38.4 Å². The molecule has 6 nitrogen and oxygen atoms in total. The molecule has 2 saturated heterocycles. The summed E-state index contributed by atoms with van der Waals surface area (Å²) in [5.74, 6) is 0.0149. The zero-order valence-electron chi connectivity index (χ0n) is 14.3. The largest absolute Gasteiger partial charge is 0.353 e. The minimum Gasteiger partial charge on any atom is -0.353 e. The van der Waals surface area contributed by atoms with E-state index in [9.17, 15) is 9.59 Å². The molecule has 3 amide bonds. The monoisotopic (exact) mass is 330 g/mol. The number of piperidine rings is 1. The fourth-order valence-corrected chi connectivity index (χ4v) is 3.46. The molecule has 1 aromatic heterocycles. The van der Waals surface area contributed by atoms with Gasteiger partial charge in [-0.05, 0) is 44.2 Å². The Bertz CT molecular complexity index is 590. The maximum atomic E-state index is 12.4. The molecule has 2 fully saturated rings. The predicted molar refractivity (Wildman–Crippen MR) is 91.6 cm³/mol. The second kappa shape index (κ2) is 7.64. The molecule has 24 heavy (non-hydrogen) atoms. The molecule has 3 heterocycles. The lowest BCUT2D eigenvalue weighted by atomic mass is 10.0. The van der Waals surface area contributed by atoms with Gasteiger partial charge in [-0.15, -0.1) is 0 Å². The number of carbonyl (C=O) groups is 2. The second-order valence-electron chi connectivity index (χ2n) is 6.75. The summed E-state index contributed by atoms with van der Waals surface area (Å²) in [6.45, 7) is 5.20. The number of aryl methyl sites for hydroxylation is 1. The smallest absolute Gasteiger partial charge is 0.319 e. The Morgan fingerprint density at radius 2 is 1.83 bits per heavy atom. The number of urea groups is 1. The first-order valence-corrected chi connectivity index (χ1v) is 8.87. The van der Waals surface area contributed by atoms with E-state index in [0.717, 1.165) is 63.1 Å². The number of nitrogens with one attached hydrogen (secondary N) is 1. The van der Waals surface area contributed by atoms with Gasteiger partial charge in [-0.2, -0.15) is 0 Å². The van der Waals surface area contributed by atoms with Gasteiger partial charge in [0.05, 0.1) is 12.1 Å². The molecule has 6 heteroatoms. The fourth-order valence-electron chi connectivity index (χ4n) is 3.46. The van der Waals surface area contributed by atoms with E-state index in [1.807, 2.05) is 28.9 Å². The van der Waals surface area contributed by atoms with E-state index in [0.29, 0.717) is 6.42 Å². The van der Waals surface area contributed by atoms with E-state index in [1.165, 1.54) is 0 Å². The van der Waals surface area contributed by atoms with E-state index in [1.54, 1.807) is 6.20 Å². The first-order valence-electron chi connectivity index (χ1n) is 8.87. The summed E-state index contributed by atoms with van der Waals surface area (Å²) in [5.41, 5.74) is 1.87. The Morgan fingerprint density at radius 3 is 2.50 bits per heavy atom. The van der Waals surface area contributed by atoms with Crippen LogP contribution in [0.5, 0.6) is 0 Å². The Morgan fingerprint density at radius 1 is 1.17 bits per heavy atom. The van der Waals surface area contributed by atoms with Crippen LogP contribution in [0.25, 0.3) is 0 Å². The molecule has 1 N–H and O–H groups in total. The fraction of sp³-hybridized carbons (Fsp3) is 0.611. The number of aromatic nitrogens is 1. The Hall–Kier alpha value is -2.11. The van der Waals surface area contributed by atoms with Crippen LogP contribution in [0.4, 0.5) is 4.79 Å². The minimum atomic E-state index is 0.0149. The Balaban J connectivity index is 1.44. The van der Waals surface area contributed by atoms with Crippen molar-refractivity contribution in [3.05, 3.63) is 29.6 Å². The van der Waals surface area contributed by atoms with Crippen LogP contribution in [-0.2, 0) is 11.2 Å².